The highest BCUT2D eigenvalue weighted by atomic mass is 16.1. The lowest BCUT2D eigenvalue weighted by molar-refractivity contribution is -0.108. The van der Waals surface area contributed by atoms with E-state index in [9.17, 15) is 4.79 Å². The van der Waals surface area contributed by atoms with E-state index in [4.69, 9.17) is 0 Å². The first-order valence-electron chi connectivity index (χ1n) is 5.21. The molecule has 1 unspecified atom stereocenters. The van der Waals surface area contributed by atoms with Crippen molar-refractivity contribution in [1.29, 1.82) is 0 Å². The highest BCUT2D eigenvalue weighted by Gasteiger charge is 2.12. The Morgan fingerprint density at radius 2 is 1.86 bits per heavy atom. The average Bonchev–Trinajstić information content (AvgIpc) is 2.18. The van der Waals surface area contributed by atoms with Crippen LogP contribution in [0, 0.1) is 11.8 Å². The maximum absolute atomic E-state index is 10.5. The maximum atomic E-state index is 10.5. The highest BCUT2D eigenvalue weighted by Crippen LogP contribution is 2.19. The van der Waals surface area contributed by atoms with Crippen LogP contribution in [-0.2, 0) is 11.2 Å². The zero-order valence-corrected chi connectivity index (χ0v) is 8.94. The second-order valence-corrected chi connectivity index (χ2v) is 4.10. The molecule has 1 aromatic carbocycles. The SMILES string of the molecule is CC(C)C(CC=O)Cc1ccccc1. The van der Waals surface area contributed by atoms with E-state index in [2.05, 4.69) is 26.0 Å². The van der Waals surface area contributed by atoms with Crippen LogP contribution in [-0.4, -0.2) is 6.29 Å². The number of benzene rings is 1. The number of carbonyl (C=O) groups excluding carboxylic acids is 1. The second kappa shape index (κ2) is 5.58. The van der Waals surface area contributed by atoms with Gasteiger partial charge in [-0.2, -0.15) is 0 Å². The van der Waals surface area contributed by atoms with Gasteiger partial charge in [-0.25, -0.2) is 0 Å². The number of rotatable bonds is 5. The zero-order valence-electron chi connectivity index (χ0n) is 8.94. The first kappa shape index (κ1) is 11.0. The molecule has 0 aliphatic rings. The van der Waals surface area contributed by atoms with Gasteiger partial charge >= 0.3 is 0 Å². The largest absolute Gasteiger partial charge is 0.303 e. The van der Waals surface area contributed by atoms with Crippen LogP contribution in [0.25, 0.3) is 0 Å². The third kappa shape index (κ3) is 3.33. The minimum atomic E-state index is 0.481. The van der Waals surface area contributed by atoms with Crippen molar-refractivity contribution in [3.63, 3.8) is 0 Å². The summed E-state index contributed by atoms with van der Waals surface area (Å²) in [6.45, 7) is 4.36. The van der Waals surface area contributed by atoms with Crippen LogP contribution >= 0.6 is 0 Å². The molecule has 0 saturated heterocycles. The molecule has 1 nitrogen and oxygen atoms in total. The molecule has 0 aliphatic carbocycles. The van der Waals surface area contributed by atoms with Crippen LogP contribution in [0.15, 0.2) is 30.3 Å². The summed E-state index contributed by atoms with van der Waals surface area (Å²) in [7, 11) is 0. The summed E-state index contributed by atoms with van der Waals surface area (Å²) in [5, 5.41) is 0. The van der Waals surface area contributed by atoms with E-state index in [-0.39, 0.29) is 0 Å². The lowest BCUT2D eigenvalue weighted by Crippen LogP contribution is -2.12. The third-order valence-corrected chi connectivity index (χ3v) is 2.68. The van der Waals surface area contributed by atoms with Gasteiger partial charge < -0.3 is 4.79 Å². The monoisotopic (exact) mass is 190 g/mol. The molecule has 1 rings (SSSR count). The molecule has 0 amide bonds. The molecular weight excluding hydrogens is 172 g/mol. The number of hydrogen-bond donors (Lipinski definition) is 0. The molecule has 0 radical (unpaired) electrons. The molecule has 0 bridgehead atoms. The number of aldehydes is 1. The minimum Gasteiger partial charge on any atom is -0.303 e. The van der Waals surface area contributed by atoms with E-state index in [1.165, 1.54) is 5.56 Å². The molecule has 1 heteroatoms. The van der Waals surface area contributed by atoms with Gasteiger partial charge in [0.15, 0.2) is 0 Å². The smallest absolute Gasteiger partial charge is 0.120 e. The van der Waals surface area contributed by atoms with E-state index in [0.29, 0.717) is 18.3 Å². The molecular formula is C13H18O. The summed E-state index contributed by atoms with van der Waals surface area (Å²) in [5.41, 5.74) is 1.33. The molecule has 0 saturated carbocycles. The predicted octanol–water partition coefficient (Wildman–Crippen LogP) is 3.09. The van der Waals surface area contributed by atoms with Crippen molar-refractivity contribution in [3.05, 3.63) is 35.9 Å². The number of carbonyl (C=O) groups is 1. The highest BCUT2D eigenvalue weighted by molar-refractivity contribution is 5.49. The fraction of sp³-hybridized carbons (Fsp3) is 0.462. The topological polar surface area (TPSA) is 17.1 Å². The predicted molar refractivity (Wildman–Crippen MR) is 59.2 cm³/mol. The van der Waals surface area contributed by atoms with Gasteiger partial charge in [0.05, 0.1) is 0 Å². The van der Waals surface area contributed by atoms with Gasteiger partial charge in [-0.05, 0) is 23.8 Å². The van der Waals surface area contributed by atoms with Crippen molar-refractivity contribution in [2.75, 3.05) is 0 Å². The quantitative estimate of drug-likeness (QED) is 0.652. The first-order chi connectivity index (χ1) is 6.74. The Morgan fingerprint density at radius 1 is 1.21 bits per heavy atom. The van der Waals surface area contributed by atoms with Crippen LogP contribution in [0.1, 0.15) is 25.8 Å². The minimum absolute atomic E-state index is 0.481. The summed E-state index contributed by atoms with van der Waals surface area (Å²) in [6, 6.07) is 10.4. The normalized spacial score (nSPS) is 12.8. The Bertz CT molecular complexity index is 264. The molecule has 0 heterocycles. The fourth-order valence-corrected chi connectivity index (χ4v) is 1.63. The Morgan fingerprint density at radius 3 is 2.36 bits per heavy atom. The summed E-state index contributed by atoms with van der Waals surface area (Å²) in [6.07, 6.45) is 2.72. The van der Waals surface area contributed by atoms with Gasteiger partial charge in [-0.3, -0.25) is 0 Å². The van der Waals surface area contributed by atoms with Crippen LogP contribution in [0.4, 0.5) is 0 Å². The molecule has 0 N–H and O–H groups in total. The lowest BCUT2D eigenvalue weighted by Gasteiger charge is -2.18. The summed E-state index contributed by atoms with van der Waals surface area (Å²) in [5.74, 6) is 1.05. The van der Waals surface area contributed by atoms with Crippen molar-refractivity contribution in [2.24, 2.45) is 11.8 Å². The second-order valence-electron chi connectivity index (χ2n) is 4.10. The van der Waals surface area contributed by atoms with Gasteiger partial charge in [-0.1, -0.05) is 44.2 Å². The van der Waals surface area contributed by atoms with Crippen molar-refractivity contribution in [3.8, 4) is 0 Å². The summed E-state index contributed by atoms with van der Waals surface area (Å²) >= 11 is 0. The van der Waals surface area contributed by atoms with Gasteiger partial charge in [0, 0.05) is 6.42 Å². The van der Waals surface area contributed by atoms with Crippen LogP contribution in [0.2, 0.25) is 0 Å². The van der Waals surface area contributed by atoms with E-state index >= 15 is 0 Å². The summed E-state index contributed by atoms with van der Waals surface area (Å²) in [4.78, 5) is 10.5. The Labute approximate surface area is 86.1 Å². The number of hydrogen-bond acceptors (Lipinski definition) is 1. The zero-order chi connectivity index (χ0) is 10.4. The molecule has 76 valence electrons. The molecule has 0 aromatic heterocycles. The average molecular weight is 190 g/mol. The third-order valence-electron chi connectivity index (χ3n) is 2.68. The van der Waals surface area contributed by atoms with Gasteiger partial charge in [0.25, 0.3) is 0 Å². The Kier molecular flexibility index (Phi) is 4.37. The van der Waals surface area contributed by atoms with Crippen molar-refractivity contribution in [2.45, 2.75) is 26.7 Å². The molecule has 14 heavy (non-hydrogen) atoms. The van der Waals surface area contributed by atoms with Gasteiger partial charge in [0.1, 0.15) is 6.29 Å². The maximum Gasteiger partial charge on any atom is 0.120 e. The molecule has 0 aliphatic heterocycles. The van der Waals surface area contributed by atoms with E-state index in [1.807, 2.05) is 18.2 Å². The van der Waals surface area contributed by atoms with Gasteiger partial charge in [0.2, 0.25) is 0 Å². The molecule has 0 spiro atoms. The Hall–Kier alpha value is -1.11. The van der Waals surface area contributed by atoms with Crippen molar-refractivity contribution in [1.82, 2.24) is 0 Å². The fourth-order valence-electron chi connectivity index (χ4n) is 1.63. The standard InChI is InChI=1S/C13H18O/c1-11(2)13(8-9-14)10-12-6-4-3-5-7-12/h3-7,9,11,13H,8,10H2,1-2H3. The molecule has 1 atom stereocenters. The van der Waals surface area contributed by atoms with Crippen LogP contribution < -0.4 is 0 Å². The van der Waals surface area contributed by atoms with Gasteiger partial charge in [-0.15, -0.1) is 0 Å². The lowest BCUT2D eigenvalue weighted by atomic mass is 9.87. The van der Waals surface area contributed by atoms with Crippen molar-refractivity contribution < 1.29 is 4.79 Å². The summed E-state index contributed by atoms with van der Waals surface area (Å²) < 4.78 is 0. The van der Waals surface area contributed by atoms with E-state index in [1.54, 1.807) is 0 Å². The molecule has 0 fully saturated rings. The molecule has 1 aromatic rings. The first-order valence-corrected chi connectivity index (χ1v) is 5.21. The van der Waals surface area contributed by atoms with Crippen LogP contribution in [0.5, 0.6) is 0 Å². The van der Waals surface area contributed by atoms with Crippen LogP contribution in [0.3, 0.4) is 0 Å². The van der Waals surface area contributed by atoms with Crippen molar-refractivity contribution >= 4 is 6.29 Å². The van der Waals surface area contributed by atoms with E-state index < -0.39 is 0 Å². The Balaban J connectivity index is 2.60. The van der Waals surface area contributed by atoms with E-state index in [0.717, 1.165) is 12.7 Å².